The zero-order chi connectivity index (χ0) is 23.4. The van der Waals surface area contributed by atoms with Gasteiger partial charge in [0.1, 0.15) is 0 Å². The molecule has 0 unspecified atom stereocenters. The fourth-order valence-corrected chi connectivity index (χ4v) is 5.05. The molecule has 1 N–H and O–H groups in total. The summed E-state index contributed by atoms with van der Waals surface area (Å²) in [5.74, 6) is -0.587. The van der Waals surface area contributed by atoms with Gasteiger partial charge in [0.25, 0.3) is 0 Å². The summed E-state index contributed by atoms with van der Waals surface area (Å²) in [7, 11) is 0. The number of hydrogen-bond acceptors (Lipinski definition) is 5. The van der Waals surface area contributed by atoms with E-state index in [1.54, 1.807) is 6.21 Å². The summed E-state index contributed by atoms with van der Waals surface area (Å²) in [6, 6.07) is 18.3. The first-order valence-electron chi connectivity index (χ1n) is 9.57. The van der Waals surface area contributed by atoms with Crippen LogP contribution in [-0.4, -0.2) is 22.9 Å². The molecule has 4 nitrogen and oxygen atoms in total. The normalized spacial score (nSPS) is 11.9. The van der Waals surface area contributed by atoms with Gasteiger partial charge in [-0.25, -0.2) is 4.98 Å². The molecule has 0 saturated carbocycles. The molecule has 0 aliphatic rings. The molecule has 0 aliphatic heterocycles. The number of nitrogens with one attached hydrogen (secondary N) is 1. The molecule has 4 rings (SSSR count). The number of carbonyl (C=O) groups is 1. The van der Waals surface area contributed by atoms with Gasteiger partial charge in [0, 0.05) is 10.7 Å². The number of aromatic nitrogens is 1. The number of aliphatic imine (C=N–C) groups is 1. The van der Waals surface area contributed by atoms with Crippen LogP contribution in [0.3, 0.4) is 0 Å². The highest BCUT2D eigenvalue weighted by atomic mass is 79.9. The maximum absolute atomic E-state index is 13.1. The first kappa shape index (κ1) is 23.5. The minimum absolute atomic E-state index is 0.0550. The van der Waals surface area contributed by atoms with Gasteiger partial charge in [0.2, 0.25) is 5.91 Å². The zero-order valence-corrected chi connectivity index (χ0v) is 20.0. The van der Waals surface area contributed by atoms with Crippen molar-refractivity contribution in [1.82, 2.24) is 4.98 Å². The van der Waals surface area contributed by atoms with E-state index in [4.69, 9.17) is 0 Å². The van der Waals surface area contributed by atoms with Crippen molar-refractivity contribution in [3.63, 3.8) is 0 Å². The van der Waals surface area contributed by atoms with E-state index in [0.29, 0.717) is 4.34 Å². The van der Waals surface area contributed by atoms with Crippen LogP contribution in [0.5, 0.6) is 0 Å². The largest absolute Gasteiger partial charge is 0.418 e. The lowest BCUT2D eigenvalue weighted by molar-refractivity contribution is -0.137. The number of nitrogens with zero attached hydrogens (tertiary/aromatic N) is 2. The summed E-state index contributed by atoms with van der Waals surface area (Å²) in [5.41, 5.74) is 1.38. The number of fused-ring (bicyclic) bond motifs is 1. The molecular formula is C23H15BrF3N3OS2. The Morgan fingerprint density at radius 3 is 2.64 bits per heavy atom. The number of halogens is 4. The van der Waals surface area contributed by atoms with E-state index < -0.39 is 17.6 Å². The lowest BCUT2D eigenvalue weighted by Gasteiger charge is -2.13. The average molecular weight is 550 g/mol. The number of benzene rings is 3. The molecule has 0 aliphatic carbocycles. The van der Waals surface area contributed by atoms with Crippen molar-refractivity contribution < 1.29 is 18.0 Å². The van der Waals surface area contributed by atoms with Crippen LogP contribution in [0.4, 0.5) is 24.5 Å². The molecule has 0 saturated heterocycles. The van der Waals surface area contributed by atoms with Crippen molar-refractivity contribution in [1.29, 1.82) is 0 Å². The van der Waals surface area contributed by atoms with Gasteiger partial charge in [-0.2, -0.15) is 13.2 Å². The fraction of sp³-hybridized carbons (Fsp3) is 0.0870. The number of amides is 1. The predicted molar refractivity (Wildman–Crippen MR) is 132 cm³/mol. The molecule has 0 atom stereocenters. The highest BCUT2D eigenvalue weighted by molar-refractivity contribution is 9.10. The minimum atomic E-state index is -4.54. The first-order valence-corrected chi connectivity index (χ1v) is 12.2. The van der Waals surface area contributed by atoms with Crippen LogP contribution in [0.15, 0.2) is 80.5 Å². The molecule has 1 amide bonds. The Morgan fingerprint density at radius 2 is 1.88 bits per heavy atom. The van der Waals surface area contributed by atoms with E-state index in [-0.39, 0.29) is 11.4 Å². The Bertz CT molecular complexity index is 1320. The molecule has 4 aromatic rings. The van der Waals surface area contributed by atoms with Crippen LogP contribution < -0.4 is 5.32 Å². The monoisotopic (exact) mass is 549 g/mol. The second-order valence-electron chi connectivity index (χ2n) is 6.82. The lowest BCUT2D eigenvalue weighted by Crippen LogP contribution is -2.18. The van der Waals surface area contributed by atoms with Crippen molar-refractivity contribution in [2.75, 3.05) is 11.1 Å². The Balaban J connectivity index is 1.40. The number of alkyl halides is 3. The molecule has 168 valence electrons. The SMILES string of the molecule is O=C(CSc1nc2ccc(N=Cc3ccc(Br)cc3)cc2s1)Nc1ccccc1C(F)(F)F. The van der Waals surface area contributed by atoms with Crippen molar-refractivity contribution in [2.24, 2.45) is 4.99 Å². The van der Waals surface area contributed by atoms with Crippen LogP contribution >= 0.6 is 39.0 Å². The third kappa shape index (κ3) is 6.21. The number of hydrogen-bond donors (Lipinski definition) is 1. The quantitative estimate of drug-likeness (QED) is 0.199. The summed E-state index contributed by atoms with van der Waals surface area (Å²) < 4.78 is 41.8. The van der Waals surface area contributed by atoms with Gasteiger partial charge in [-0.3, -0.25) is 9.79 Å². The van der Waals surface area contributed by atoms with Gasteiger partial charge in [-0.1, -0.05) is 52.0 Å². The Kier molecular flexibility index (Phi) is 7.16. The predicted octanol–water partition coefficient (Wildman–Crippen LogP) is 7.56. The minimum Gasteiger partial charge on any atom is -0.325 e. The molecule has 10 heteroatoms. The summed E-state index contributed by atoms with van der Waals surface area (Å²) in [6.45, 7) is 0. The third-order valence-corrected chi connectivity index (χ3v) is 7.11. The molecule has 0 bridgehead atoms. The van der Waals surface area contributed by atoms with E-state index in [0.717, 1.165) is 32.0 Å². The summed E-state index contributed by atoms with van der Waals surface area (Å²) in [5, 5.41) is 2.34. The molecule has 0 radical (unpaired) electrons. The topological polar surface area (TPSA) is 54.4 Å². The second-order valence-corrected chi connectivity index (χ2v) is 9.99. The first-order chi connectivity index (χ1) is 15.8. The molecule has 0 fully saturated rings. The van der Waals surface area contributed by atoms with Gasteiger partial charge in [0.15, 0.2) is 4.34 Å². The number of thiazole rings is 1. The smallest absolute Gasteiger partial charge is 0.325 e. The van der Waals surface area contributed by atoms with E-state index in [1.165, 1.54) is 41.3 Å². The Hall–Kier alpha value is -2.69. The van der Waals surface area contributed by atoms with Crippen LogP contribution in [0.25, 0.3) is 10.2 Å². The third-order valence-electron chi connectivity index (χ3n) is 4.42. The average Bonchev–Trinajstić information content (AvgIpc) is 3.19. The van der Waals surface area contributed by atoms with Crippen molar-refractivity contribution >= 4 is 72.7 Å². The highest BCUT2D eigenvalue weighted by Gasteiger charge is 2.33. The maximum Gasteiger partial charge on any atom is 0.418 e. The van der Waals surface area contributed by atoms with E-state index in [2.05, 4.69) is 31.2 Å². The number of thioether (sulfide) groups is 1. The molecule has 1 heterocycles. The van der Waals surface area contributed by atoms with Gasteiger partial charge >= 0.3 is 6.18 Å². The molecule has 3 aromatic carbocycles. The number of rotatable bonds is 6. The highest BCUT2D eigenvalue weighted by Crippen LogP contribution is 2.35. The van der Waals surface area contributed by atoms with Crippen LogP contribution in [0.2, 0.25) is 0 Å². The summed E-state index contributed by atoms with van der Waals surface area (Å²) >= 11 is 5.98. The van der Waals surface area contributed by atoms with Gasteiger partial charge in [-0.05, 0) is 48.0 Å². The number of para-hydroxylation sites is 1. The van der Waals surface area contributed by atoms with E-state index in [9.17, 15) is 18.0 Å². The Morgan fingerprint density at radius 1 is 1.12 bits per heavy atom. The molecular weight excluding hydrogens is 535 g/mol. The van der Waals surface area contributed by atoms with Crippen molar-refractivity contribution in [2.45, 2.75) is 10.5 Å². The van der Waals surface area contributed by atoms with Gasteiger partial charge in [0.05, 0.1) is 32.9 Å². The summed E-state index contributed by atoms with van der Waals surface area (Å²) in [6.07, 6.45) is -2.77. The number of anilines is 1. The maximum atomic E-state index is 13.1. The molecule has 33 heavy (non-hydrogen) atoms. The van der Waals surface area contributed by atoms with Gasteiger partial charge < -0.3 is 5.32 Å². The molecule has 0 spiro atoms. The molecule has 1 aromatic heterocycles. The van der Waals surface area contributed by atoms with E-state index >= 15 is 0 Å². The van der Waals surface area contributed by atoms with Crippen molar-refractivity contribution in [3.05, 3.63) is 82.3 Å². The lowest BCUT2D eigenvalue weighted by atomic mass is 10.1. The fourth-order valence-electron chi connectivity index (χ4n) is 2.89. The van der Waals surface area contributed by atoms with Crippen LogP contribution in [0, 0.1) is 0 Å². The van der Waals surface area contributed by atoms with Crippen LogP contribution in [-0.2, 0) is 11.0 Å². The van der Waals surface area contributed by atoms with E-state index in [1.807, 2.05) is 42.5 Å². The summed E-state index contributed by atoms with van der Waals surface area (Å²) in [4.78, 5) is 21.2. The number of carbonyl (C=O) groups excluding carboxylic acids is 1. The Labute approximate surface area is 204 Å². The van der Waals surface area contributed by atoms with Crippen LogP contribution in [0.1, 0.15) is 11.1 Å². The van der Waals surface area contributed by atoms with Crippen molar-refractivity contribution in [3.8, 4) is 0 Å². The zero-order valence-electron chi connectivity index (χ0n) is 16.8. The van der Waals surface area contributed by atoms with Gasteiger partial charge in [-0.15, -0.1) is 11.3 Å². The standard InChI is InChI=1S/C23H15BrF3N3OS2/c24-15-7-5-14(6-8-15)12-28-16-9-10-19-20(11-16)33-22(30-19)32-13-21(31)29-18-4-2-1-3-17(18)23(25,26)27/h1-12H,13H2,(H,29,31). The second kappa shape index (κ2) is 10.1.